The lowest BCUT2D eigenvalue weighted by atomic mass is 10.1. The zero-order valence-corrected chi connectivity index (χ0v) is 11.9. The number of hydrogen-bond donors (Lipinski definition) is 0. The summed E-state index contributed by atoms with van der Waals surface area (Å²) in [6.07, 6.45) is 1.30. The van der Waals surface area contributed by atoms with Gasteiger partial charge < -0.3 is 9.47 Å². The summed E-state index contributed by atoms with van der Waals surface area (Å²) in [6.45, 7) is 6.86. The molecular weight excluding hydrogens is 240 g/mol. The van der Waals surface area contributed by atoms with Crippen LogP contribution >= 0.6 is 0 Å². The predicted octanol–water partition coefficient (Wildman–Crippen LogP) is 3.34. The van der Waals surface area contributed by atoms with Crippen LogP contribution in [-0.2, 0) is 9.47 Å². The first-order chi connectivity index (χ1) is 9.20. The van der Waals surface area contributed by atoms with Crippen molar-refractivity contribution in [2.75, 3.05) is 26.4 Å². The summed E-state index contributed by atoms with van der Waals surface area (Å²) in [6, 6.07) is 9.38. The van der Waals surface area contributed by atoms with E-state index in [0.29, 0.717) is 32.2 Å². The summed E-state index contributed by atoms with van der Waals surface area (Å²) in [5, 5.41) is 0. The number of ether oxygens (including phenoxy) is 2. The van der Waals surface area contributed by atoms with Crippen LogP contribution in [0.4, 0.5) is 0 Å². The zero-order valence-electron chi connectivity index (χ0n) is 11.9. The molecule has 0 bridgehead atoms. The Bertz CT molecular complexity index is 346. The minimum Gasteiger partial charge on any atom is -0.379 e. The first-order valence-corrected chi connectivity index (χ1v) is 6.94. The van der Waals surface area contributed by atoms with Crippen molar-refractivity contribution in [2.45, 2.75) is 26.7 Å². The smallest absolute Gasteiger partial charge is 0.162 e. The fourth-order valence-corrected chi connectivity index (χ4v) is 1.64. The van der Waals surface area contributed by atoms with E-state index in [0.717, 1.165) is 18.6 Å². The number of carbonyl (C=O) groups excluding carboxylic acids is 1. The van der Waals surface area contributed by atoms with Crippen LogP contribution in [0.15, 0.2) is 30.3 Å². The summed E-state index contributed by atoms with van der Waals surface area (Å²) >= 11 is 0. The third-order valence-electron chi connectivity index (χ3n) is 2.61. The van der Waals surface area contributed by atoms with E-state index in [4.69, 9.17) is 9.47 Å². The van der Waals surface area contributed by atoms with Gasteiger partial charge in [-0.1, -0.05) is 44.2 Å². The van der Waals surface area contributed by atoms with Crippen LogP contribution in [-0.4, -0.2) is 32.2 Å². The molecule has 0 N–H and O–H groups in total. The van der Waals surface area contributed by atoms with Crippen LogP contribution < -0.4 is 0 Å². The summed E-state index contributed by atoms with van der Waals surface area (Å²) in [5.74, 6) is 0.740. The van der Waals surface area contributed by atoms with Crippen molar-refractivity contribution in [1.29, 1.82) is 0 Å². The molecule has 1 aromatic carbocycles. The van der Waals surface area contributed by atoms with E-state index in [9.17, 15) is 4.79 Å². The van der Waals surface area contributed by atoms with Gasteiger partial charge in [0.15, 0.2) is 5.78 Å². The van der Waals surface area contributed by atoms with E-state index in [1.807, 2.05) is 30.3 Å². The van der Waals surface area contributed by atoms with Crippen LogP contribution in [0.1, 0.15) is 37.0 Å². The molecule has 0 saturated carbocycles. The van der Waals surface area contributed by atoms with E-state index in [1.54, 1.807) is 0 Å². The highest BCUT2D eigenvalue weighted by atomic mass is 16.5. The van der Waals surface area contributed by atoms with E-state index in [2.05, 4.69) is 13.8 Å². The first-order valence-electron chi connectivity index (χ1n) is 6.94. The molecule has 0 aliphatic heterocycles. The second-order valence-corrected chi connectivity index (χ2v) is 4.97. The molecule has 106 valence electrons. The fraction of sp³-hybridized carbons (Fsp3) is 0.562. The molecule has 0 unspecified atom stereocenters. The molecule has 1 rings (SSSR count). The largest absolute Gasteiger partial charge is 0.379 e. The van der Waals surface area contributed by atoms with E-state index < -0.39 is 0 Å². The normalized spacial score (nSPS) is 10.9. The maximum Gasteiger partial charge on any atom is 0.162 e. The van der Waals surface area contributed by atoms with Crippen molar-refractivity contribution in [3.8, 4) is 0 Å². The summed E-state index contributed by atoms with van der Waals surface area (Å²) < 4.78 is 10.8. The van der Waals surface area contributed by atoms with Gasteiger partial charge in [-0.05, 0) is 12.3 Å². The topological polar surface area (TPSA) is 35.5 Å². The maximum atomic E-state index is 11.8. The van der Waals surface area contributed by atoms with Crippen molar-refractivity contribution in [1.82, 2.24) is 0 Å². The Balaban J connectivity index is 1.98. The van der Waals surface area contributed by atoms with E-state index >= 15 is 0 Å². The average molecular weight is 264 g/mol. The van der Waals surface area contributed by atoms with Gasteiger partial charge in [-0.3, -0.25) is 4.79 Å². The number of Topliss-reactive ketones (excluding diaryl/α,β-unsaturated/α-hetero) is 1. The highest BCUT2D eigenvalue weighted by Gasteiger charge is 2.04. The minimum atomic E-state index is 0.181. The number of carbonyl (C=O) groups is 1. The fourth-order valence-electron chi connectivity index (χ4n) is 1.64. The Kier molecular flexibility index (Phi) is 8.10. The van der Waals surface area contributed by atoms with Gasteiger partial charge in [-0.15, -0.1) is 0 Å². The van der Waals surface area contributed by atoms with Crippen molar-refractivity contribution >= 4 is 5.78 Å². The molecule has 0 radical (unpaired) electrons. The molecule has 19 heavy (non-hydrogen) atoms. The molecule has 0 aliphatic carbocycles. The van der Waals surface area contributed by atoms with Crippen molar-refractivity contribution in [2.24, 2.45) is 5.92 Å². The molecule has 0 fully saturated rings. The third-order valence-corrected chi connectivity index (χ3v) is 2.61. The van der Waals surface area contributed by atoms with Gasteiger partial charge >= 0.3 is 0 Å². The summed E-state index contributed by atoms with van der Waals surface area (Å²) in [4.78, 5) is 11.8. The zero-order chi connectivity index (χ0) is 13.9. The lowest BCUT2D eigenvalue weighted by Gasteiger charge is -2.07. The van der Waals surface area contributed by atoms with Gasteiger partial charge in [-0.25, -0.2) is 0 Å². The van der Waals surface area contributed by atoms with Gasteiger partial charge in [0.05, 0.1) is 13.2 Å². The van der Waals surface area contributed by atoms with Gasteiger partial charge in [0, 0.05) is 25.2 Å². The summed E-state index contributed by atoms with van der Waals surface area (Å²) in [5.41, 5.74) is 0.780. The lowest BCUT2D eigenvalue weighted by molar-refractivity contribution is 0.0365. The molecule has 0 heterocycles. The molecular formula is C16H24O3. The van der Waals surface area contributed by atoms with Gasteiger partial charge in [0.2, 0.25) is 0 Å². The van der Waals surface area contributed by atoms with Crippen molar-refractivity contribution in [3.05, 3.63) is 35.9 Å². The molecule has 0 aromatic heterocycles. The average Bonchev–Trinajstić information content (AvgIpc) is 2.42. The maximum absolute atomic E-state index is 11.8. The molecule has 0 atom stereocenters. The SMILES string of the molecule is CC(C)COCCOCCCC(=O)c1ccccc1. The van der Waals surface area contributed by atoms with Crippen LogP contribution in [0.3, 0.4) is 0 Å². The third kappa shape index (κ3) is 7.75. The molecule has 0 amide bonds. The van der Waals surface area contributed by atoms with Crippen LogP contribution in [0.2, 0.25) is 0 Å². The second kappa shape index (κ2) is 9.70. The predicted molar refractivity (Wildman–Crippen MR) is 76.5 cm³/mol. The minimum absolute atomic E-state index is 0.181. The molecule has 0 saturated heterocycles. The monoisotopic (exact) mass is 264 g/mol. The summed E-state index contributed by atoms with van der Waals surface area (Å²) in [7, 11) is 0. The van der Waals surface area contributed by atoms with Gasteiger partial charge in [0.1, 0.15) is 0 Å². The van der Waals surface area contributed by atoms with Crippen LogP contribution in [0.5, 0.6) is 0 Å². The molecule has 0 spiro atoms. The van der Waals surface area contributed by atoms with Crippen LogP contribution in [0, 0.1) is 5.92 Å². The Morgan fingerprint density at radius 3 is 2.42 bits per heavy atom. The number of hydrogen-bond acceptors (Lipinski definition) is 3. The number of rotatable bonds is 10. The standard InChI is InChI=1S/C16H24O3/c1-14(2)13-19-12-11-18-10-6-9-16(17)15-7-4-3-5-8-15/h3-5,7-8,14H,6,9-13H2,1-2H3. The van der Waals surface area contributed by atoms with Crippen molar-refractivity contribution < 1.29 is 14.3 Å². The Labute approximate surface area is 115 Å². The number of ketones is 1. The molecule has 0 aliphatic rings. The van der Waals surface area contributed by atoms with Crippen LogP contribution in [0.25, 0.3) is 0 Å². The quantitative estimate of drug-likeness (QED) is 0.480. The molecule has 3 nitrogen and oxygen atoms in total. The Morgan fingerprint density at radius 2 is 1.74 bits per heavy atom. The van der Waals surface area contributed by atoms with E-state index in [-0.39, 0.29) is 5.78 Å². The lowest BCUT2D eigenvalue weighted by Crippen LogP contribution is -2.09. The van der Waals surface area contributed by atoms with E-state index in [1.165, 1.54) is 0 Å². The Morgan fingerprint density at radius 1 is 1.05 bits per heavy atom. The molecule has 3 heteroatoms. The van der Waals surface area contributed by atoms with Gasteiger partial charge in [0.25, 0.3) is 0 Å². The molecule has 1 aromatic rings. The Hall–Kier alpha value is -1.19. The highest BCUT2D eigenvalue weighted by Crippen LogP contribution is 2.05. The van der Waals surface area contributed by atoms with Crippen molar-refractivity contribution in [3.63, 3.8) is 0 Å². The number of benzene rings is 1. The second-order valence-electron chi connectivity index (χ2n) is 4.97. The first kappa shape index (κ1) is 15.9. The highest BCUT2D eigenvalue weighted by molar-refractivity contribution is 5.95. The van der Waals surface area contributed by atoms with Gasteiger partial charge in [-0.2, -0.15) is 0 Å².